The van der Waals surface area contributed by atoms with Gasteiger partial charge in [0.1, 0.15) is 16.8 Å². The second kappa shape index (κ2) is 7.59. The second-order valence-corrected chi connectivity index (χ2v) is 9.13. The SMILES string of the molecule is Cc1ncc(CO)c(CN2[C@@]3(C#N)CCCC[C@@H]3C[C@@H]3CCCC[C@]32C#N)c1O. The number of hydrogen-bond acceptors (Lipinski definition) is 6. The first-order chi connectivity index (χ1) is 14.0. The van der Waals surface area contributed by atoms with E-state index in [1.807, 2.05) is 0 Å². The minimum atomic E-state index is -0.682. The third kappa shape index (κ3) is 2.93. The molecular formula is C23H30N4O2. The van der Waals surface area contributed by atoms with Crippen LogP contribution in [0.3, 0.4) is 0 Å². The Balaban J connectivity index is 1.87. The van der Waals surface area contributed by atoms with Gasteiger partial charge in [-0.15, -0.1) is 0 Å². The Kier molecular flexibility index (Phi) is 5.27. The Morgan fingerprint density at radius 2 is 1.69 bits per heavy atom. The lowest BCUT2D eigenvalue weighted by molar-refractivity contribution is -0.117. The van der Waals surface area contributed by atoms with E-state index in [1.54, 1.807) is 13.1 Å². The van der Waals surface area contributed by atoms with Gasteiger partial charge in [0, 0.05) is 23.9 Å². The highest BCUT2D eigenvalue weighted by Crippen LogP contribution is 2.56. The van der Waals surface area contributed by atoms with Crippen molar-refractivity contribution in [1.29, 1.82) is 10.5 Å². The van der Waals surface area contributed by atoms with Crippen LogP contribution in [-0.4, -0.2) is 31.2 Å². The van der Waals surface area contributed by atoms with Crippen molar-refractivity contribution in [1.82, 2.24) is 9.88 Å². The number of nitriles is 2. The van der Waals surface area contributed by atoms with Crippen LogP contribution in [0.15, 0.2) is 6.20 Å². The number of nitrogens with zero attached hydrogens (tertiary/aromatic N) is 4. The summed E-state index contributed by atoms with van der Waals surface area (Å²) in [7, 11) is 0. The van der Waals surface area contributed by atoms with E-state index in [-0.39, 0.29) is 24.2 Å². The number of rotatable bonds is 3. The number of aliphatic hydroxyl groups excluding tert-OH is 1. The molecular weight excluding hydrogens is 364 g/mol. The standard InChI is InChI=1S/C23H30N4O2/c1-16-21(29)20(17(13-28)11-26-16)12-27-22(14-24)8-4-2-6-18(22)10-19-7-3-5-9-23(19,27)15-25/h11,18-19,28-29H,2-10,12-13H2,1H3/t18-,19+,22-,23+. The molecule has 1 aromatic rings. The van der Waals surface area contributed by atoms with Crippen LogP contribution in [0.2, 0.25) is 0 Å². The van der Waals surface area contributed by atoms with Crippen molar-refractivity contribution in [2.45, 2.75) is 88.9 Å². The number of pyridine rings is 1. The zero-order valence-electron chi connectivity index (χ0n) is 17.2. The molecule has 154 valence electrons. The largest absolute Gasteiger partial charge is 0.506 e. The number of likely N-dealkylation sites (tertiary alicyclic amines) is 1. The maximum Gasteiger partial charge on any atom is 0.141 e. The molecule has 4 rings (SSSR count). The van der Waals surface area contributed by atoms with Gasteiger partial charge < -0.3 is 10.2 Å². The average Bonchev–Trinajstić information content (AvgIpc) is 2.76. The predicted molar refractivity (Wildman–Crippen MR) is 107 cm³/mol. The highest BCUT2D eigenvalue weighted by molar-refractivity contribution is 5.42. The maximum absolute atomic E-state index is 10.8. The molecule has 0 aromatic carbocycles. The first-order valence-electron chi connectivity index (χ1n) is 10.9. The molecule has 0 spiro atoms. The topological polar surface area (TPSA) is 104 Å². The Labute approximate surface area is 172 Å². The van der Waals surface area contributed by atoms with Crippen LogP contribution < -0.4 is 0 Å². The normalized spacial score (nSPS) is 34.5. The first kappa shape index (κ1) is 20.1. The first-order valence-corrected chi connectivity index (χ1v) is 10.9. The zero-order valence-corrected chi connectivity index (χ0v) is 17.2. The van der Waals surface area contributed by atoms with Crippen molar-refractivity contribution >= 4 is 0 Å². The molecule has 0 bridgehead atoms. The summed E-state index contributed by atoms with van der Waals surface area (Å²) in [4.78, 5) is 6.34. The summed E-state index contributed by atoms with van der Waals surface area (Å²) in [5, 5.41) is 41.6. The van der Waals surface area contributed by atoms with Crippen molar-refractivity contribution in [2.75, 3.05) is 0 Å². The summed E-state index contributed by atoms with van der Waals surface area (Å²) in [6.07, 6.45) is 10.4. The van der Waals surface area contributed by atoms with E-state index in [2.05, 4.69) is 22.0 Å². The van der Waals surface area contributed by atoms with Crippen LogP contribution in [0.1, 0.15) is 74.6 Å². The molecule has 3 aliphatic rings. The summed E-state index contributed by atoms with van der Waals surface area (Å²) in [5.74, 6) is 0.588. The van der Waals surface area contributed by atoms with E-state index < -0.39 is 11.1 Å². The van der Waals surface area contributed by atoms with Gasteiger partial charge in [0.25, 0.3) is 0 Å². The van der Waals surface area contributed by atoms with Crippen molar-refractivity contribution in [3.05, 3.63) is 23.0 Å². The van der Waals surface area contributed by atoms with E-state index >= 15 is 0 Å². The Morgan fingerprint density at radius 1 is 1.10 bits per heavy atom. The molecule has 1 saturated heterocycles. The van der Waals surface area contributed by atoms with Crippen molar-refractivity contribution in [3.8, 4) is 17.9 Å². The molecule has 4 atom stereocenters. The van der Waals surface area contributed by atoms with Gasteiger partial charge in [-0.25, -0.2) is 0 Å². The minimum Gasteiger partial charge on any atom is -0.506 e. The zero-order chi connectivity index (χ0) is 20.6. The summed E-state index contributed by atoms with van der Waals surface area (Å²) < 4.78 is 0. The molecule has 6 heteroatoms. The van der Waals surface area contributed by atoms with E-state index in [0.29, 0.717) is 23.4 Å². The fourth-order valence-electron chi connectivity index (χ4n) is 6.34. The fourth-order valence-corrected chi connectivity index (χ4v) is 6.34. The highest BCUT2D eigenvalue weighted by atomic mass is 16.3. The number of aromatic hydroxyl groups is 1. The van der Waals surface area contributed by atoms with Crippen molar-refractivity contribution in [3.63, 3.8) is 0 Å². The highest BCUT2D eigenvalue weighted by Gasteiger charge is 2.61. The Hall–Kier alpha value is -2.15. The minimum absolute atomic E-state index is 0.0722. The van der Waals surface area contributed by atoms with Gasteiger partial charge in [0.15, 0.2) is 0 Å². The van der Waals surface area contributed by atoms with Crippen LogP contribution in [0.5, 0.6) is 5.75 Å². The molecule has 2 N–H and O–H groups in total. The molecule has 0 amide bonds. The van der Waals surface area contributed by atoms with E-state index in [1.165, 1.54) is 0 Å². The molecule has 2 aliphatic carbocycles. The Bertz CT molecular complexity index is 833. The molecule has 2 saturated carbocycles. The van der Waals surface area contributed by atoms with Crippen LogP contribution in [0, 0.1) is 41.4 Å². The Morgan fingerprint density at radius 3 is 2.21 bits per heavy atom. The van der Waals surface area contributed by atoms with Crippen LogP contribution in [-0.2, 0) is 13.2 Å². The van der Waals surface area contributed by atoms with Gasteiger partial charge in [-0.05, 0) is 50.9 Å². The lowest BCUT2D eigenvalue weighted by Crippen LogP contribution is -2.70. The number of aromatic nitrogens is 1. The maximum atomic E-state index is 10.8. The number of aliphatic hydroxyl groups is 1. The lowest BCUT2D eigenvalue weighted by Gasteiger charge is -2.61. The monoisotopic (exact) mass is 394 g/mol. The summed E-state index contributed by atoms with van der Waals surface area (Å²) in [6.45, 7) is 1.82. The third-order valence-electron chi connectivity index (χ3n) is 7.91. The molecule has 29 heavy (non-hydrogen) atoms. The second-order valence-electron chi connectivity index (χ2n) is 9.13. The van der Waals surface area contributed by atoms with Gasteiger partial charge in [0.2, 0.25) is 0 Å². The van der Waals surface area contributed by atoms with Gasteiger partial charge in [-0.1, -0.05) is 25.7 Å². The van der Waals surface area contributed by atoms with E-state index in [0.717, 1.165) is 57.8 Å². The number of piperidine rings is 1. The molecule has 1 aliphatic heterocycles. The van der Waals surface area contributed by atoms with E-state index in [9.17, 15) is 20.7 Å². The van der Waals surface area contributed by atoms with Gasteiger partial charge >= 0.3 is 0 Å². The molecule has 3 fully saturated rings. The predicted octanol–water partition coefficient (Wildman–Crippen LogP) is 3.70. The van der Waals surface area contributed by atoms with E-state index in [4.69, 9.17) is 0 Å². The summed E-state index contributed by atoms with van der Waals surface area (Å²) >= 11 is 0. The van der Waals surface area contributed by atoms with Crippen molar-refractivity contribution in [2.24, 2.45) is 11.8 Å². The van der Waals surface area contributed by atoms with Crippen molar-refractivity contribution < 1.29 is 10.2 Å². The fraction of sp³-hybridized carbons (Fsp3) is 0.696. The number of aryl methyl sites for hydroxylation is 1. The van der Waals surface area contributed by atoms with Crippen LogP contribution in [0.4, 0.5) is 0 Å². The smallest absolute Gasteiger partial charge is 0.141 e. The van der Waals surface area contributed by atoms with Crippen LogP contribution >= 0.6 is 0 Å². The number of fused-ring (bicyclic) bond motifs is 2. The summed E-state index contributed by atoms with van der Waals surface area (Å²) in [5.41, 5.74) is 0.321. The van der Waals surface area contributed by atoms with Gasteiger partial charge in [-0.2, -0.15) is 10.5 Å². The summed E-state index contributed by atoms with van der Waals surface area (Å²) in [6, 6.07) is 5.34. The molecule has 2 heterocycles. The molecule has 0 unspecified atom stereocenters. The lowest BCUT2D eigenvalue weighted by atomic mass is 9.57. The average molecular weight is 395 g/mol. The number of hydrogen-bond donors (Lipinski definition) is 2. The third-order valence-corrected chi connectivity index (χ3v) is 7.91. The molecule has 6 nitrogen and oxygen atoms in total. The molecule has 1 aromatic heterocycles. The quantitative estimate of drug-likeness (QED) is 0.810. The van der Waals surface area contributed by atoms with Crippen LogP contribution in [0.25, 0.3) is 0 Å². The van der Waals surface area contributed by atoms with Gasteiger partial charge in [0.05, 0.1) is 24.4 Å². The molecule has 0 radical (unpaired) electrons. The van der Waals surface area contributed by atoms with Gasteiger partial charge in [-0.3, -0.25) is 9.88 Å².